The third kappa shape index (κ3) is 2.87. The molecule has 1 aromatic carbocycles. The third-order valence-corrected chi connectivity index (χ3v) is 2.27. The highest BCUT2D eigenvalue weighted by atomic mass is 35.5. The van der Waals surface area contributed by atoms with Crippen LogP contribution in [0.3, 0.4) is 0 Å². The first-order valence-corrected chi connectivity index (χ1v) is 4.60. The lowest BCUT2D eigenvalue weighted by molar-refractivity contribution is -0.143. The molecule has 0 unspecified atom stereocenters. The molecule has 0 saturated carbocycles. The van der Waals surface area contributed by atoms with Crippen molar-refractivity contribution in [3.05, 3.63) is 33.8 Å². The Morgan fingerprint density at radius 2 is 1.56 bits per heavy atom. The largest absolute Gasteiger partial charge is 0.417 e. The number of benzene rings is 1. The molecule has 0 fully saturated rings. The number of carbonyl (C=O) groups is 1. The van der Waals surface area contributed by atoms with Gasteiger partial charge in [0, 0.05) is 0 Å². The van der Waals surface area contributed by atoms with Crippen molar-refractivity contribution >= 4 is 17.5 Å². The molecule has 1 amide bonds. The molecule has 9 heteroatoms. The summed E-state index contributed by atoms with van der Waals surface area (Å²) in [6.07, 6.45) is -10.2. The second kappa shape index (κ2) is 4.34. The molecule has 0 aromatic heterocycles. The molecule has 0 aliphatic heterocycles. The molecule has 18 heavy (non-hydrogen) atoms. The van der Waals surface area contributed by atoms with Crippen molar-refractivity contribution < 1.29 is 31.1 Å². The first-order chi connectivity index (χ1) is 7.94. The minimum atomic E-state index is -5.17. The van der Waals surface area contributed by atoms with Crippen molar-refractivity contribution in [3.8, 4) is 0 Å². The number of hydrogen-bond acceptors (Lipinski definition) is 1. The summed E-state index contributed by atoms with van der Waals surface area (Å²) in [5, 5.41) is -0.996. The van der Waals surface area contributed by atoms with Crippen LogP contribution in [0.2, 0.25) is 5.02 Å². The fraction of sp³-hybridized carbons (Fsp3) is 0.222. The predicted molar refractivity (Wildman–Crippen MR) is 50.0 cm³/mol. The van der Waals surface area contributed by atoms with Crippen molar-refractivity contribution in [2.45, 2.75) is 12.4 Å². The summed E-state index contributed by atoms with van der Waals surface area (Å²) in [7, 11) is 0. The molecule has 0 atom stereocenters. The lowest BCUT2D eigenvalue weighted by Crippen LogP contribution is -2.21. The van der Waals surface area contributed by atoms with Gasteiger partial charge in [-0.15, -0.1) is 0 Å². The highest BCUT2D eigenvalue weighted by molar-refractivity contribution is 6.34. The van der Waals surface area contributed by atoms with Crippen LogP contribution in [-0.2, 0) is 12.4 Å². The van der Waals surface area contributed by atoms with Gasteiger partial charge in [0.05, 0.1) is 21.7 Å². The van der Waals surface area contributed by atoms with E-state index in [9.17, 15) is 31.1 Å². The van der Waals surface area contributed by atoms with Crippen LogP contribution in [0.15, 0.2) is 12.1 Å². The lowest BCUT2D eigenvalue weighted by Gasteiger charge is -2.15. The Kier molecular flexibility index (Phi) is 3.53. The minimum Gasteiger partial charge on any atom is -0.366 e. The molecule has 0 saturated heterocycles. The monoisotopic (exact) mass is 291 g/mol. The van der Waals surface area contributed by atoms with Crippen LogP contribution >= 0.6 is 11.6 Å². The van der Waals surface area contributed by atoms with Crippen LogP contribution < -0.4 is 5.73 Å². The van der Waals surface area contributed by atoms with Crippen LogP contribution in [0, 0.1) is 0 Å². The Bertz CT molecular complexity index is 493. The fourth-order valence-corrected chi connectivity index (χ4v) is 1.56. The Labute approximate surface area is 101 Å². The standard InChI is InChI=1S/C9H4ClF6NO/c10-5-2-3(8(11,12)13)1-4(9(14,15)16)6(5)7(17)18/h1-2H,(H2,17,18). The smallest absolute Gasteiger partial charge is 0.366 e. The molecule has 0 radical (unpaired) electrons. The van der Waals surface area contributed by atoms with Gasteiger partial charge >= 0.3 is 12.4 Å². The average molecular weight is 292 g/mol. The Morgan fingerprint density at radius 3 is 1.89 bits per heavy atom. The van der Waals surface area contributed by atoms with Gasteiger partial charge in [-0.25, -0.2) is 0 Å². The zero-order valence-corrected chi connectivity index (χ0v) is 9.04. The van der Waals surface area contributed by atoms with E-state index >= 15 is 0 Å². The van der Waals surface area contributed by atoms with E-state index in [-0.39, 0.29) is 12.1 Å². The summed E-state index contributed by atoms with van der Waals surface area (Å²) in [5.41, 5.74) is 0.0664. The first-order valence-electron chi connectivity index (χ1n) is 4.22. The van der Waals surface area contributed by atoms with Crippen molar-refractivity contribution in [1.29, 1.82) is 0 Å². The molecule has 0 bridgehead atoms. The molecule has 100 valence electrons. The highest BCUT2D eigenvalue weighted by Gasteiger charge is 2.40. The quantitative estimate of drug-likeness (QED) is 0.791. The number of nitrogens with two attached hydrogens (primary N) is 1. The summed E-state index contributed by atoms with van der Waals surface area (Å²) in [6, 6.07) is 0.0167. The predicted octanol–water partition coefficient (Wildman–Crippen LogP) is 3.48. The molecule has 0 heterocycles. The van der Waals surface area contributed by atoms with Gasteiger partial charge in [0.1, 0.15) is 0 Å². The Morgan fingerprint density at radius 1 is 1.06 bits per heavy atom. The molecule has 0 aliphatic carbocycles. The number of carbonyl (C=O) groups excluding carboxylic acids is 1. The second-order valence-electron chi connectivity index (χ2n) is 3.24. The topological polar surface area (TPSA) is 43.1 Å². The summed E-state index contributed by atoms with van der Waals surface area (Å²) in [4.78, 5) is 10.8. The maximum Gasteiger partial charge on any atom is 0.417 e. The molecule has 0 aliphatic rings. The van der Waals surface area contributed by atoms with E-state index in [1.165, 1.54) is 0 Å². The van der Waals surface area contributed by atoms with Gasteiger partial charge in [0.15, 0.2) is 0 Å². The number of amides is 1. The van der Waals surface area contributed by atoms with Gasteiger partial charge < -0.3 is 5.73 Å². The van der Waals surface area contributed by atoms with Gasteiger partial charge in [0.25, 0.3) is 5.91 Å². The van der Waals surface area contributed by atoms with Crippen LogP contribution in [-0.4, -0.2) is 5.91 Å². The normalized spacial score (nSPS) is 12.6. The van der Waals surface area contributed by atoms with Crippen LogP contribution in [0.4, 0.5) is 26.3 Å². The zero-order chi connectivity index (χ0) is 14.3. The number of alkyl halides is 6. The van der Waals surface area contributed by atoms with Crippen LogP contribution in [0.1, 0.15) is 21.5 Å². The molecule has 2 N–H and O–H groups in total. The van der Waals surface area contributed by atoms with Gasteiger partial charge in [-0.2, -0.15) is 26.3 Å². The number of hydrogen-bond donors (Lipinski definition) is 1. The number of halogens is 7. The second-order valence-corrected chi connectivity index (χ2v) is 3.65. The number of rotatable bonds is 1. The summed E-state index contributed by atoms with van der Waals surface area (Å²) in [5.74, 6) is -1.55. The maximum absolute atomic E-state index is 12.5. The van der Waals surface area contributed by atoms with E-state index in [4.69, 9.17) is 11.6 Å². The molecule has 2 nitrogen and oxygen atoms in total. The number of primary amides is 1. The maximum atomic E-state index is 12.5. The van der Waals surface area contributed by atoms with E-state index in [1.807, 2.05) is 0 Å². The molecule has 1 rings (SSSR count). The van der Waals surface area contributed by atoms with Crippen molar-refractivity contribution in [3.63, 3.8) is 0 Å². The SMILES string of the molecule is NC(=O)c1c(Cl)cc(C(F)(F)F)cc1C(F)(F)F. The molecule has 1 aromatic rings. The van der Waals surface area contributed by atoms with E-state index in [1.54, 1.807) is 0 Å². The summed E-state index contributed by atoms with van der Waals surface area (Å²) >= 11 is 5.24. The molecular formula is C9H4ClF6NO. The fourth-order valence-electron chi connectivity index (χ4n) is 1.24. The molecule has 0 spiro atoms. The van der Waals surface area contributed by atoms with E-state index < -0.39 is 40.0 Å². The Balaban J connectivity index is 3.64. The van der Waals surface area contributed by atoms with Gasteiger partial charge in [-0.1, -0.05) is 11.6 Å². The van der Waals surface area contributed by atoms with Crippen molar-refractivity contribution in [2.75, 3.05) is 0 Å². The van der Waals surface area contributed by atoms with Gasteiger partial charge in [-0.3, -0.25) is 4.79 Å². The van der Waals surface area contributed by atoms with Gasteiger partial charge in [0.2, 0.25) is 0 Å². The van der Waals surface area contributed by atoms with E-state index in [0.717, 1.165) is 0 Å². The van der Waals surface area contributed by atoms with E-state index in [2.05, 4.69) is 5.73 Å². The summed E-state index contributed by atoms with van der Waals surface area (Å²) < 4.78 is 74.5. The van der Waals surface area contributed by atoms with Crippen LogP contribution in [0.5, 0.6) is 0 Å². The Hall–Kier alpha value is -1.44. The van der Waals surface area contributed by atoms with Crippen molar-refractivity contribution in [1.82, 2.24) is 0 Å². The average Bonchev–Trinajstić information content (AvgIpc) is 2.12. The zero-order valence-electron chi connectivity index (χ0n) is 8.29. The first kappa shape index (κ1) is 14.6. The van der Waals surface area contributed by atoms with E-state index in [0.29, 0.717) is 0 Å². The minimum absolute atomic E-state index is 0.202. The van der Waals surface area contributed by atoms with Crippen molar-refractivity contribution in [2.24, 2.45) is 5.73 Å². The lowest BCUT2D eigenvalue weighted by atomic mass is 10.0. The third-order valence-electron chi connectivity index (χ3n) is 1.97. The molecular weight excluding hydrogens is 288 g/mol. The summed E-state index contributed by atoms with van der Waals surface area (Å²) in [6.45, 7) is 0. The highest BCUT2D eigenvalue weighted by Crippen LogP contribution is 2.40. The van der Waals surface area contributed by atoms with Gasteiger partial charge in [-0.05, 0) is 12.1 Å². The van der Waals surface area contributed by atoms with Crippen LogP contribution in [0.25, 0.3) is 0 Å².